The molecule has 0 bridgehead atoms. The van der Waals surface area contributed by atoms with Gasteiger partial charge < -0.3 is 29.2 Å². The number of nitrogens with one attached hydrogen (secondary N) is 2. The molecule has 52 heavy (non-hydrogen) atoms. The summed E-state index contributed by atoms with van der Waals surface area (Å²) in [4.78, 5) is 15.8. The Labute approximate surface area is 318 Å². The lowest BCUT2D eigenvalue weighted by molar-refractivity contribution is -0.192. The predicted molar refractivity (Wildman–Crippen MR) is 209 cm³/mol. The zero-order valence-corrected chi connectivity index (χ0v) is 33.2. The third-order valence-electron chi connectivity index (χ3n) is 11.8. The lowest BCUT2D eigenvalue weighted by Gasteiger charge is -2.48. The van der Waals surface area contributed by atoms with E-state index in [9.17, 15) is 9.00 Å². The summed E-state index contributed by atoms with van der Waals surface area (Å²) in [5, 5.41) is 3.86. The van der Waals surface area contributed by atoms with Crippen LogP contribution in [0.1, 0.15) is 100 Å². The minimum Gasteiger partial charge on any atom is -0.491 e. The van der Waals surface area contributed by atoms with E-state index in [1.807, 2.05) is 25.1 Å². The molecule has 6 atom stereocenters. The quantitative estimate of drug-likeness (QED) is 0.220. The SMILES string of the molecule is C1NCC12COC2.CCCc1cc(Cl)ccc1C1COc2ccc(C(=O)NS(=O)C(C)C(C)CCC)cc2N(CC2CCC2CC2OCCCO2)C1. The minimum absolute atomic E-state index is 0.108. The number of halogens is 1. The van der Waals surface area contributed by atoms with Gasteiger partial charge in [-0.2, -0.15) is 0 Å². The van der Waals surface area contributed by atoms with Crippen molar-refractivity contribution in [2.75, 3.05) is 64.1 Å². The molecular formula is C41H60ClN3O6S. The van der Waals surface area contributed by atoms with Crippen LogP contribution in [0.15, 0.2) is 36.4 Å². The van der Waals surface area contributed by atoms with Crippen molar-refractivity contribution in [3.05, 3.63) is 58.1 Å². The maximum absolute atomic E-state index is 13.4. The number of hydrogen-bond donors (Lipinski definition) is 2. The van der Waals surface area contributed by atoms with Gasteiger partial charge in [-0.3, -0.25) is 9.52 Å². The van der Waals surface area contributed by atoms with E-state index in [-0.39, 0.29) is 29.3 Å². The zero-order valence-electron chi connectivity index (χ0n) is 31.6. The fraction of sp³-hybridized carbons (Fsp3) is 0.683. The van der Waals surface area contributed by atoms with Gasteiger partial charge in [0.05, 0.1) is 44.0 Å². The van der Waals surface area contributed by atoms with Crippen LogP contribution < -0.4 is 19.7 Å². The van der Waals surface area contributed by atoms with Gasteiger partial charge in [0.1, 0.15) is 16.7 Å². The number of nitrogens with zero attached hydrogens (tertiary/aromatic N) is 1. The number of amides is 1. The molecule has 1 aliphatic carbocycles. The van der Waals surface area contributed by atoms with Gasteiger partial charge in [0.2, 0.25) is 0 Å². The summed E-state index contributed by atoms with van der Waals surface area (Å²) in [5.41, 5.74) is 4.57. The summed E-state index contributed by atoms with van der Waals surface area (Å²) in [5.74, 6) is 1.90. The zero-order chi connectivity index (χ0) is 36.7. The van der Waals surface area contributed by atoms with Gasteiger partial charge in [-0.25, -0.2) is 4.21 Å². The summed E-state index contributed by atoms with van der Waals surface area (Å²) in [6.07, 6.45) is 8.11. The first-order valence-corrected chi connectivity index (χ1v) is 21.3. The van der Waals surface area contributed by atoms with Crippen molar-refractivity contribution in [2.45, 2.75) is 96.5 Å². The van der Waals surface area contributed by atoms with Gasteiger partial charge in [0, 0.05) is 54.5 Å². The molecule has 1 amide bonds. The molecule has 2 aromatic carbocycles. The molecular weight excluding hydrogens is 698 g/mol. The van der Waals surface area contributed by atoms with Crippen molar-refractivity contribution in [3.8, 4) is 5.75 Å². The highest BCUT2D eigenvalue weighted by molar-refractivity contribution is 7.84. The number of fused-ring (bicyclic) bond motifs is 1. The molecule has 7 rings (SSSR count). The Hall–Kier alpha value is -2.21. The first-order chi connectivity index (χ1) is 25.2. The van der Waals surface area contributed by atoms with Gasteiger partial charge in [-0.05, 0) is 98.2 Å². The highest BCUT2D eigenvalue weighted by atomic mass is 35.5. The van der Waals surface area contributed by atoms with Gasteiger partial charge in [0.25, 0.3) is 5.91 Å². The number of benzene rings is 2. The highest BCUT2D eigenvalue weighted by Crippen LogP contribution is 2.43. The van der Waals surface area contributed by atoms with E-state index in [2.05, 4.69) is 47.8 Å². The van der Waals surface area contributed by atoms with E-state index >= 15 is 0 Å². The number of carbonyl (C=O) groups excluding carboxylic acids is 1. The molecule has 4 heterocycles. The second-order valence-electron chi connectivity index (χ2n) is 15.8. The van der Waals surface area contributed by atoms with Crippen LogP contribution in [0.2, 0.25) is 5.02 Å². The summed E-state index contributed by atoms with van der Waals surface area (Å²) in [6.45, 7) is 16.5. The number of ether oxygens (including phenoxy) is 4. The molecule has 4 aliphatic heterocycles. The van der Waals surface area contributed by atoms with Crippen LogP contribution >= 0.6 is 11.6 Å². The normalized spacial score (nSPS) is 25.4. The molecule has 11 heteroatoms. The number of carbonyl (C=O) groups is 1. The van der Waals surface area contributed by atoms with Crippen LogP contribution in [-0.4, -0.2) is 80.9 Å². The molecule has 0 radical (unpaired) electrons. The van der Waals surface area contributed by atoms with Gasteiger partial charge in [-0.15, -0.1) is 0 Å². The van der Waals surface area contributed by atoms with E-state index < -0.39 is 11.0 Å². The van der Waals surface area contributed by atoms with E-state index in [0.29, 0.717) is 29.4 Å². The summed E-state index contributed by atoms with van der Waals surface area (Å²) in [7, 11) is -1.47. The molecule has 4 fully saturated rings. The molecule has 9 nitrogen and oxygen atoms in total. The number of anilines is 1. The van der Waals surface area contributed by atoms with Crippen molar-refractivity contribution in [1.82, 2.24) is 10.0 Å². The van der Waals surface area contributed by atoms with Crippen molar-refractivity contribution >= 4 is 34.2 Å². The van der Waals surface area contributed by atoms with Gasteiger partial charge in [0.15, 0.2) is 6.29 Å². The Bertz CT molecular complexity index is 1500. The van der Waals surface area contributed by atoms with Crippen LogP contribution in [0.4, 0.5) is 5.69 Å². The Morgan fingerprint density at radius 2 is 1.83 bits per heavy atom. The Morgan fingerprint density at radius 3 is 2.44 bits per heavy atom. The molecule has 6 unspecified atom stereocenters. The summed E-state index contributed by atoms with van der Waals surface area (Å²) >= 11 is 6.43. The third kappa shape index (κ3) is 9.71. The summed E-state index contributed by atoms with van der Waals surface area (Å²) in [6, 6.07) is 11.9. The largest absolute Gasteiger partial charge is 0.491 e. The first kappa shape index (κ1) is 39.5. The van der Waals surface area contributed by atoms with E-state index in [1.165, 1.54) is 30.6 Å². The Morgan fingerprint density at radius 1 is 1.06 bits per heavy atom. The van der Waals surface area contributed by atoms with Crippen molar-refractivity contribution in [1.29, 1.82) is 0 Å². The third-order valence-corrected chi connectivity index (χ3v) is 13.6. The number of aryl methyl sites for hydroxylation is 1. The van der Waals surface area contributed by atoms with Crippen molar-refractivity contribution < 1.29 is 28.0 Å². The fourth-order valence-corrected chi connectivity index (χ4v) is 9.30. The van der Waals surface area contributed by atoms with E-state index in [0.717, 1.165) is 101 Å². The second-order valence-corrected chi connectivity index (χ2v) is 17.8. The van der Waals surface area contributed by atoms with Crippen LogP contribution in [0, 0.1) is 23.2 Å². The maximum atomic E-state index is 13.4. The molecule has 1 spiro atoms. The molecule has 288 valence electrons. The number of hydrogen-bond acceptors (Lipinski definition) is 8. The molecule has 2 aromatic rings. The first-order valence-electron chi connectivity index (χ1n) is 19.7. The van der Waals surface area contributed by atoms with Crippen LogP contribution in [0.3, 0.4) is 0 Å². The maximum Gasteiger partial charge on any atom is 0.263 e. The second kappa shape index (κ2) is 18.4. The molecule has 2 N–H and O–H groups in total. The topological polar surface area (TPSA) is 98.4 Å². The lowest BCUT2D eigenvalue weighted by atomic mass is 9.71. The molecule has 3 saturated heterocycles. The molecule has 1 saturated carbocycles. The monoisotopic (exact) mass is 757 g/mol. The predicted octanol–water partition coefficient (Wildman–Crippen LogP) is 7.28. The Balaban J connectivity index is 0.000000584. The smallest absolute Gasteiger partial charge is 0.263 e. The highest BCUT2D eigenvalue weighted by Gasteiger charge is 2.43. The fourth-order valence-electron chi connectivity index (χ4n) is 8.06. The van der Waals surface area contributed by atoms with Gasteiger partial charge in [-0.1, -0.05) is 51.3 Å². The van der Waals surface area contributed by atoms with Crippen LogP contribution in [0.5, 0.6) is 5.75 Å². The summed E-state index contributed by atoms with van der Waals surface area (Å²) < 4.78 is 39.2. The van der Waals surface area contributed by atoms with Crippen LogP contribution in [-0.2, 0) is 31.6 Å². The lowest BCUT2D eigenvalue weighted by Crippen LogP contribution is -2.64. The average molecular weight is 758 g/mol. The molecule has 0 aromatic heterocycles. The standard InChI is InChI=1S/C36H51ClN2O5S.C5H9NO/c1-5-8-24(3)25(4)45(41)38-36(40)28-12-15-34-33(19-28)39(21-29-11-10-26(29)20-35-42-16-7-17-43-35)22-30(23-44-34)32-14-13-31(37)18-27(32)9-6-2;1-5(2-6-1)3-7-4-5/h12-15,18-19,24-26,29-30,35H,5-11,16-17,20-23H2,1-4H3,(H,38,40);6H,1-4H2. The van der Waals surface area contributed by atoms with Gasteiger partial charge >= 0.3 is 0 Å². The molecule has 5 aliphatic rings. The minimum atomic E-state index is -1.47. The van der Waals surface area contributed by atoms with Crippen molar-refractivity contribution in [3.63, 3.8) is 0 Å². The van der Waals surface area contributed by atoms with E-state index in [1.54, 1.807) is 6.07 Å². The number of rotatable bonds is 13. The van der Waals surface area contributed by atoms with Crippen LogP contribution in [0.25, 0.3) is 0 Å². The van der Waals surface area contributed by atoms with E-state index in [4.69, 9.17) is 30.5 Å². The average Bonchev–Trinajstić information content (AvgIpc) is 3.27. The van der Waals surface area contributed by atoms with Crippen molar-refractivity contribution in [2.24, 2.45) is 23.2 Å². The Kier molecular flexibility index (Phi) is 14.0.